The van der Waals surface area contributed by atoms with Crippen molar-refractivity contribution in [2.45, 2.75) is 25.8 Å². The van der Waals surface area contributed by atoms with E-state index in [1.807, 2.05) is 30.3 Å². The number of amides is 2. The quantitative estimate of drug-likeness (QED) is 0.542. The summed E-state index contributed by atoms with van der Waals surface area (Å²) >= 11 is 0. The van der Waals surface area contributed by atoms with E-state index >= 15 is 0 Å². The van der Waals surface area contributed by atoms with Gasteiger partial charge in [0.25, 0.3) is 0 Å². The molecule has 1 atom stereocenters. The molecule has 0 radical (unpaired) electrons. The highest BCUT2D eigenvalue weighted by Crippen LogP contribution is 2.03. The van der Waals surface area contributed by atoms with Crippen LogP contribution in [0.1, 0.15) is 18.9 Å². The van der Waals surface area contributed by atoms with E-state index in [-0.39, 0.29) is 6.42 Å². The minimum Gasteiger partial charge on any atom is -0.480 e. The Hall–Kier alpha value is -2.48. The van der Waals surface area contributed by atoms with Crippen molar-refractivity contribution in [1.82, 2.24) is 10.6 Å². The number of hydrogen-bond donors (Lipinski definition) is 3. The lowest BCUT2D eigenvalue weighted by Crippen LogP contribution is -2.47. The summed E-state index contributed by atoms with van der Waals surface area (Å²) < 4.78 is 0. The Kier molecular flexibility index (Phi) is 6.69. The average Bonchev–Trinajstić information content (AvgIpc) is 2.44. The minimum absolute atomic E-state index is 0.248. The highest BCUT2D eigenvalue weighted by molar-refractivity contribution is 5.82. The molecule has 5 heteroatoms. The number of carbonyl (C=O) groups excluding carboxylic acids is 1. The number of rotatable bonds is 6. The molecule has 0 fully saturated rings. The molecule has 0 aliphatic rings. The van der Waals surface area contributed by atoms with Gasteiger partial charge in [-0.15, -0.1) is 11.8 Å². The molecule has 2 amide bonds. The number of carboxylic acid groups (broad SMARTS) is 1. The molecule has 5 nitrogen and oxygen atoms in total. The molecule has 3 N–H and O–H groups in total. The number of urea groups is 1. The first-order valence-electron chi connectivity index (χ1n) is 6.34. The van der Waals surface area contributed by atoms with Gasteiger partial charge in [-0.1, -0.05) is 30.3 Å². The van der Waals surface area contributed by atoms with Gasteiger partial charge in [-0.25, -0.2) is 9.59 Å². The van der Waals surface area contributed by atoms with Crippen molar-refractivity contribution >= 4 is 12.0 Å². The largest absolute Gasteiger partial charge is 0.480 e. The van der Waals surface area contributed by atoms with E-state index in [9.17, 15) is 9.59 Å². The average molecular weight is 274 g/mol. The Labute approximate surface area is 118 Å². The third-order valence-electron chi connectivity index (χ3n) is 2.60. The van der Waals surface area contributed by atoms with Crippen molar-refractivity contribution in [3.63, 3.8) is 0 Å². The molecule has 0 aromatic heterocycles. The van der Waals surface area contributed by atoms with Gasteiger partial charge in [0.2, 0.25) is 0 Å². The first-order valence-corrected chi connectivity index (χ1v) is 6.34. The van der Waals surface area contributed by atoms with Crippen LogP contribution in [-0.4, -0.2) is 29.7 Å². The van der Waals surface area contributed by atoms with Crippen LogP contribution in [0.2, 0.25) is 0 Å². The van der Waals surface area contributed by atoms with Crippen LogP contribution in [0, 0.1) is 11.8 Å². The lowest BCUT2D eigenvalue weighted by molar-refractivity contribution is -0.139. The summed E-state index contributed by atoms with van der Waals surface area (Å²) in [4.78, 5) is 22.7. The van der Waals surface area contributed by atoms with Crippen LogP contribution < -0.4 is 10.6 Å². The maximum atomic E-state index is 11.6. The van der Waals surface area contributed by atoms with Crippen LogP contribution in [0.5, 0.6) is 0 Å². The number of hydrogen-bond acceptors (Lipinski definition) is 2. The Morgan fingerprint density at radius 1 is 1.30 bits per heavy atom. The van der Waals surface area contributed by atoms with E-state index in [0.717, 1.165) is 5.56 Å². The van der Waals surface area contributed by atoms with Gasteiger partial charge >= 0.3 is 12.0 Å². The number of benzene rings is 1. The maximum Gasteiger partial charge on any atom is 0.326 e. The zero-order valence-electron chi connectivity index (χ0n) is 11.3. The fourth-order valence-electron chi connectivity index (χ4n) is 1.62. The van der Waals surface area contributed by atoms with Gasteiger partial charge in [0.1, 0.15) is 6.04 Å². The fraction of sp³-hybridized carbons (Fsp3) is 0.333. The summed E-state index contributed by atoms with van der Waals surface area (Å²) in [5.74, 6) is 4.47. The van der Waals surface area contributed by atoms with Crippen molar-refractivity contribution in [2.75, 3.05) is 6.54 Å². The molecule has 0 bridgehead atoms. The van der Waals surface area contributed by atoms with Crippen molar-refractivity contribution in [1.29, 1.82) is 0 Å². The third kappa shape index (κ3) is 5.91. The van der Waals surface area contributed by atoms with E-state index in [1.54, 1.807) is 6.92 Å². The summed E-state index contributed by atoms with van der Waals surface area (Å²) in [5, 5.41) is 14.1. The smallest absolute Gasteiger partial charge is 0.326 e. The number of nitrogens with one attached hydrogen (secondary N) is 2. The highest BCUT2D eigenvalue weighted by Gasteiger charge is 2.19. The first-order chi connectivity index (χ1) is 9.63. The number of carboxylic acids is 1. The molecule has 1 aromatic rings. The molecule has 1 rings (SSSR count). The van der Waals surface area contributed by atoms with Crippen molar-refractivity contribution in [3.8, 4) is 11.8 Å². The van der Waals surface area contributed by atoms with Gasteiger partial charge in [-0.3, -0.25) is 0 Å². The van der Waals surface area contributed by atoms with Gasteiger partial charge in [-0.2, -0.15) is 0 Å². The van der Waals surface area contributed by atoms with Crippen LogP contribution in [0.3, 0.4) is 0 Å². The van der Waals surface area contributed by atoms with Gasteiger partial charge in [0, 0.05) is 19.4 Å². The number of carbonyl (C=O) groups is 2. The Balaban J connectivity index is 2.48. The van der Waals surface area contributed by atoms with Crippen LogP contribution in [0.15, 0.2) is 30.3 Å². The minimum atomic E-state index is -1.06. The van der Waals surface area contributed by atoms with Gasteiger partial charge in [0.05, 0.1) is 0 Å². The summed E-state index contributed by atoms with van der Waals surface area (Å²) in [6, 6.07) is 7.73. The van der Waals surface area contributed by atoms with E-state index in [2.05, 4.69) is 22.5 Å². The first kappa shape index (κ1) is 15.6. The Morgan fingerprint density at radius 3 is 2.60 bits per heavy atom. The molecule has 0 saturated carbocycles. The summed E-state index contributed by atoms with van der Waals surface area (Å²) in [6.45, 7) is 2.12. The molecule has 20 heavy (non-hydrogen) atoms. The van der Waals surface area contributed by atoms with Crippen LogP contribution in [-0.2, 0) is 11.2 Å². The molecule has 1 aromatic carbocycles. The SMILES string of the molecule is CC#CCCNC(=O)N[C@H](Cc1ccccc1)C(=O)O. The summed E-state index contributed by atoms with van der Waals surface area (Å²) in [7, 11) is 0. The van der Waals surface area contributed by atoms with Gasteiger partial charge in [0.15, 0.2) is 0 Å². The molecule has 106 valence electrons. The molecular weight excluding hydrogens is 256 g/mol. The predicted molar refractivity (Wildman–Crippen MR) is 76.2 cm³/mol. The summed E-state index contributed by atoms with van der Waals surface area (Å²) in [5.41, 5.74) is 0.858. The topological polar surface area (TPSA) is 78.4 Å². The van der Waals surface area contributed by atoms with Crippen molar-refractivity contribution in [2.24, 2.45) is 0 Å². The predicted octanol–water partition coefficient (Wildman–Crippen LogP) is 1.39. The van der Waals surface area contributed by atoms with Gasteiger partial charge < -0.3 is 15.7 Å². The number of aliphatic carboxylic acids is 1. The molecular formula is C15H18N2O3. The second-order valence-electron chi connectivity index (χ2n) is 4.16. The van der Waals surface area contributed by atoms with E-state index in [0.29, 0.717) is 13.0 Å². The fourth-order valence-corrected chi connectivity index (χ4v) is 1.62. The van der Waals surface area contributed by atoms with Crippen molar-refractivity contribution < 1.29 is 14.7 Å². The molecule has 0 aliphatic carbocycles. The third-order valence-corrected chi connectivity index (χ3v) is 2.60. The molecule has 0 aliphatic heterocycles. The van der Waals surface area contributed by atoms with Crippen LogP contribution >= 0.6 is 0 Å². The Bertz CT molecular complexity index is 503. The van der Waals surface area contributed by atoms with Gasteiger partial charge in [-0.05, 0) is 12.5 Å². The normalized spacial score (nSPS) is 10.8. The molecule has 0 spiro atoms. The van der Waals surface area contributed by atoms with E-state index < -0.39 is 18.0 Å². The summed E-state index contributed by atoms with van der Waals surface area (Å²) in [6.07, 6.45) is 0.790. The van der Waals surface area contributed by atoms with Crippen molar-refractivity contribution in [3.05, 3.63) is 35.9 Å². The zero-order valence-corrected chi connectivity index (χ0v) is 11.3. The van der Waals surface area contributed by atoms with E-state index in [1.165, 1.54) is 0 Å². The lowest BCUT2D eigenvalue weighted by atomic mass is 10.1. The molecule has 0 heterocycles. The standard InChI is InChI=1S/C15H18N2O3/c1-2-3-7-10-16-15(20)17-13(14(18)19)11-12-8-5-4-6-9-12/h4-6,8-9,13H,7,10-11H2,1H3,(H,18,19)(H2,16,17,20)/t13-/m1/s1. The Morgan fingerprint density at radius 2 is 2.00 bits per heavy atom. The second-order valence-corrected chi connectivity index (χ2v) is 4.16. The monoisotopic (exact) mass is 274 g/mol. The lowest BCUT2D eigenvalue weighted by Gasteiger charge is -2.15. The zero-order chi connectivity index (χ0) is 14.8. The van der Waals surface area contributed by atoms with Crippen LogP contribution in [0.4, 0.5) is 4.79 Å². The maximum absolute atomic E-state index is 11.6. The van der Waals surface area contributed by atoms with Crippen LogP contribution in [0.25, 0.3) is 0 Å². The second kappa shape index (κ2) is 8.59. The molecule has 0 unspecified atom stereocenters. The van der Waals surface area contributed by atoms with E-state index in [4.69, 9.17) is 5.11 Å². The highest BCUT2D eigenvalue weighted by atomic mass is 16.4. The molecule has 0 saturated heterocycles.